The van der Waals surface area contributed by atoms with Gasteiger partial charge in [-0.15, -0.1) is 0 Å². The Morgan fingerprint density at radius 1 is 0.600 bits per heavy atom. The van der Waals surface area contributed by atoms with Crippen molar-refractivity contribution < 1.29 is 36.3 Å². The molecule has 4 nitrogen and oxygen atoms in total. The summed E-state index contributed by atoms with van der Waals surface area (Å²) in [5, 5.41) is 18.8. The van der Waals surface area contributed by atoms with E-state index in [0.717, 1.165) is 13.1 Å². The third-order valence-corrected chi connectivity index (χ3v) is 4.27. The van der Waals surface area contributed by atoms with Crippen LogP contribution in [0.4, 0.5) is 0 Å². The van der Waals surface area contributed by atoms with E-state index in [1.807, 2.05) is 33.7 Å². The van der Waals surface area contributed by atoms with Gasteiger partial charge in [0.2, 0.25) is 12.4 Å². The summed E-state index contributed by atoms with van der Waals surface area (Å²) in [6, 6.07) is 7.17. The Kier molecular flexibility index (Phi) is 10.9. The molecule has 2 N–H and O–H groups in total. The van der Waals surface area contributed by atoms with Gasteiger partial charge >= 0.3 is 0 Å². The molecule has 0 amide bonds. The average molecular weight is 410 g/mol. The minimum atomic E-state index is 0. The van der Waals surface area contributed by atoms with E-state index in [-0.39, 0.29) is 17.0 Å². The molecule has 0 saturated carbocycles. The number of unbranched alkanes of at least 4 members (excludes halogenated alkanes) is 7. The van der Waals surface area contributed by atoms with E-state index in [1.165, 1.54) is 51.4 Å². The molecule has 25 heavy (non-hydrogen) atoms. The summed E-state index contributed by atoms with van der Waals surface area (Å²) in [4.78, 5) is 0. The summed E-state index contributed by atoms with van der Waals surface area (Å²) < 4.78 is 4.10. The second-order valence-electron chi connectivity index (χ2n) is 6.43. The van der Waals surface area contributed by atoms with Gasteiger partial charge in [-0.25, -0.2) is 9.13 Å². The third kappa shape index (κ3) is 9.44. The maximum absolute atomic E-state index is 9.41. The zero-order valence-corrected chi connectivity index (χ0v) is 16.4. The van der Waals surface area contributed by atoms with E-state index in [2.05, 4.69) is 0 Å². The molecule has 0 spiro atoms. The van der Waals surface area contributed by atoms with Gasteiger partial charge in [-0.3, -0.25) is 0 Å². The lowest BCUT2D eigenvalue weighted by molar-refractivity contribution is -0.697. The Hall–Kier alpha value is -1.62. The minimum absolute atomic E-state index is 0. The van der Waals surface area contributed by atoms with Gasteiger partial charge in [-0.2, -0.15) is 0 Å². The van der Waals surface area contributed by atoms with Crippen molar-refractivity contribution in [3.8, 4) is 11.5 Å². The number of aromatic hydroxyl groups is 2. The lowest BCUT2D eigenvalue weighted by atomic mass is 10.1. The molecule has 0 unspecified atom stereocenters. The monoisotopic (exact) mass is 409 g/mol. The Balaban J connectivity index is 0.00000312. The SMILES string of the molecule is Oc1ccc[n+](CCCCCCCCCC[n+]2cccc(O)c2)c1.[Br-]. The van der Waals surface area contributed by atoms with Crippen LogP contribution >= 0.6 is 0 Å². The van der Waals surface area contributed by atoms with Gasteiger partial charge in [0.05, 0.1) is 0 Å². The number of pyridine rings is 2. The van der Waals surface area contributed by atoms with E-state index < -0.39 is 0 Å². The van der Waals surface area contributed by atoms with Crippen molar-refractivity contribution in [2.24, 2.45) is 0 Å². The van der Waals surface area contributed by atoms with Crippen molar-refractivity contribution in [2.75, 3.05) is 0 Å². The van der Waals surface area contributed by atoms with Crippen molar-refractivity contribution in [1.82, 2.24) is 0 Å². The van der Waals surface area contributed by atoms with Crippen LogP contribution in [0.2, 0.25) is 0 Å². The number of halogens is 1. The van der Waals surface area contributed by atoms with Crippen molar-refractivity contribution in [3.63, 3.8) is 0 Å². The predicted octanol–water partition coefficient (Wildman–Crippen LogP) is 0.498. The molecule has 0 saturated heterocycles. The summed E-state index contributed by atoms with van der Waals surface area (Å²) in [7, 11) is 0. The highest BCUT2D eigenvalue weighted by Crippen LogP contribution is 2.09. The molecular weight excluding hydrogens is 380 g/mol. The lowest BCUT2D eigenvalue weighted by Gasteiger charge is -2.01. The summed E-state index contributed by atoms with van der Waals surface area (Å²) in [5.74, 6) is 0.669. The number of hydrogen-bond acceptors (Lipinski definition) is 2. The predicted molar refractivity (Wildman–Crippen MR) is 93.5 cm³/mol. The van der Waals surface area contributed by atoms with Gasteiger partial charge in [0.15, 0.2) is 23.9 Å². The van der Waals surface area contributed by atoms with Gasteiger partial charge < -0.3 is 27.2 Å². The first-order valence-electron chi connectivity index (χ1n) is 9.10. The van der Waals surface area contributed by atoms with Crippen LogP contribution in [0.15, 0.2) is 49.1 Å². The highest BCUT2D eigenvalue weighted by Gasteiger charge is 2.02. The molecule has 0 aliphatic carbocycles. The number of nitrogens with zero attached hydrogens (tertiary/aromatic N) is 2. The first-order valence-corrected chi connectivity index (χ1v) is 9.10. The molecule has 0 aromatic carbocycles. The van der Waals surface area contributed by atoms with Crippen molar-refractivity contribution in [2.45, 2.75) is 64.5 Å². The van der Waals surface area contributed by atoms with Crippen molar-refractivity contribution in [3.05, 3.63) is 49.1 Å². The Morgan fingerprint density at radius 3 is 1.32 bits per heavy atom. The van der Waals surface area contributed by atoms with E-state index in [0.29, 0.717) is 11.5 Å². The van der Waals surface area contributed by atoms with Crippen LogP contribution in [0.25, 0.3) is 0 Å². The van der Waals surface area contributed by atoms with Crippen LogP contribution in [0.5, 0.6) is 11.5 Å². The van der Waals surface area contributed by atoms with Crippen molar-refractivity contribution in [1.29, 1.82) is 0 Å². The Labute approximate surface area is 161 Å². The van der Waals surface area contributed by atoms with Gasteiger partial charge in [-0.05, 0) is 25.0 Å². The van der Waals surface area contributed by atoms with Crippen LogP contribution in [-0.2, 0) is 13.1 Å². The minimum Gasteiger partial charge on any atom is -1.00 e. The molecular formula is C20H30BrN2O2+. The third-order valence-electron chi connectivity index (χ3n) is 4.27. The fraction of sp³-hybridized carbons (Fsp3) is 0.500. The smallest absolute Gasteiger partial charge is 0.210 e. The largest absolute Gasteiger partial charge is 1.00 e. The molecule has 2 aromatic heterocycles. The molecule has 0 atom stereocenters. The molecule has 0 aliphatic rings. The fourth-order valence-corrected chi connectivity index (χ4v) is 2.94. The first kappa shape index (κ1) is 21.4. The van der Waals surface area contributed by atoms with Gasteiger partial charge in [-0.1, -0.05) is 25.7 Å². The number of aryl methyl sites for hydroxylation is 2. The zero-order valence-electron chi connectivity index (χ0n) is 14.9. The topological polar surface area (TPSA) is 48.2 Å². The Morgan fingerprint density at radius 2 is 0.960 bits per heavy atom. The second-order valence-corrected chi connectivity index (χ2v) is 6.43. The molecule has 2 heterocycles. The molecule has 138 valence electrons. The van der Waals surface area contributed by atoms with E-state index >= 15 is 0 Å². The number of aromatic nitrogens is 2. The van der Waals surface area contributed by atoms with E-state index in [4.69, 9.17) is 0 Å². The number of hydrogen-bond donors (Lipinski definition) is 2. The molecule has 0 fully saturated rings. The standard InChI is InChI=1S/C20H28N2O2.BrH/c23-19-11-9-15-21(17-19)13-7-5-3-1-2-4-6-8-14-22-16-10-12-20(24)18-22;/h9-12,15-18H,1-8,13-14H2;1H/p+1. The molecule has 5 heteroatoms. The normalized spacial score (nSPS) is 10.4. The molecule has 0 bridgehead atoms. The fourth-order valence-electron chi connectivity index (χ4n) is 2.94. The van der Waals surface area contributed by atoms with E-state index in [9.17, 15) is 10.2 Å². The van der Waals surface area contributed by atoms with Gasteiger partial charge in [0, 0.05) is 25.0 Å². The summed E-state index contributed by atoms with van der Waals surface area (Å²) >= 11 is 0. The van der Waals surface area contributed by atoms with Gasteiger partial charge in [0.1, 0.15) is 13.1 Å². The zero-order chi connectivity index (χ0) is 17.0. The highest BCUT2D eigenvalue weighted by molar-refractivity contribution is 5.09. The summed E-state index contributed by atoms with van der Waals surface area (Å²) in [6.07, 6.45) is 17.6. The molecule has 2 rings (SSSR count). The Bertz CT molecular complexity index is 554. The van der Waals surface area contributed by atoms with Crippen LogP contribution < -0.4 is 26.1 Å². The van der Waals surface area contributed by atoms with E-state index in [1.54, 1.807) is 24.5 Å². The van der Waals surface area contributed by atoms with Crippen LogP contribution in [0, 0.1) is 0 Å². The van der Waals surface area contributed by atoms with Crippen LogP contribution in [0.1, 0.15) is 51.4 Å². The maximum Gasteiger partial charge on any atom is 0.210 e. The summed E-state index contributed by atoms with van der Waals surface area (Å²) in [5.41, 5.74) is 0. The summed E-state index contributed by atoms with van der Waals surface area (Å²) in [6.45, 7) is 1.96. The number of rotatable bonds is 11. The lowest BCUT2D eigenvalue weighted by Crippen LogP contribution is -3.00. The first-order chi connectivity index (χ1) is 11.7. The maximum atomic E-state index is 9.41. The van der Waals surface area contributed by atoms with Crippen LogP contribution in [0.3, 0.4) is 0 Å². The highest BCUT2D eigenvalue weighted by atomic mass is 79.9. The van der Waals surface area contributed by atoms with Crippen LogP contribution in [-0.4, -0.2) is 10.2 Å². The average Bonchev–Trinajstić information content (AvgIpc) is 2.57. The quantitative estimate of drug-likeness (QED) is 0.419. The van der Waals surface area contributed by atoms with Gasteiger partial charge in [0.25, 0.3) is 0 Å². The van der Waals surface area contributed by atoms with Crippen molar-refractivity contribution >= 4 is 0 Å². The second kappa shape index (κ2) is 12.7. The molecule has 0 aliphatic heterocycles. The molecule has 0 radical (unpaired) electrons. The molecule has 2 aromatic rings.